The van der Waals surface area contributed by atoms with Crippen molar-refractivity contribution >= 4 is 0 Å². The first-order chi connectivity index (χ1) is 4.18. The first kappa shape index (κ1) is 8.31. The van der Waals surface area contributed by atoms with Crippen LogP contribution < -0.4 is 5.32 Å². The fourth-order valence-corrected chi connectivity index (χ4v) is 0.296. The highest BCUT2D eigenvalue weighted by molar-refractivity contribution is 4.76. The van der Waals surface area contributed by atoms with Crippen molar-refractivity contribution in [1.29, 1.82) is 5.26 Å². The lowest BCUT2D eigenvalue weighted by atomic mass is 10.3. The van der Waals surface area contributed by atoms with Crippen LogP contribution in [0.5, 0.6) is 0 Å². The maximum absolute atomic E-state index is 11.6. The summed E-state index contributed by atoms with van der Waals surface area (Å²) in [4.78, 5) is 0. The van der Waals surface area contributed by atoms with E-state index in [4.69, 9.17) is 5.26 Å². The van der Waals surface area contributed by atoms with Gasteiger partial charge in [0.05, 0.1) is 18.7 Å². The van der Waals surface area contributed by atoms with E-state index < -0.39 is 12.5 Å². The van der Waals surface area contributed by atoms with E-state index in [-0.39, 0.29) is 6.54 Å². The van der Waals surface area contributed by atoms with Crippen molar-refractivity contribution in [3.8, 4) is 6.07 Å². The molecule has 4 heteroatoms. The van der Waals surface area contributed by atoms with E-state index in [1.807, 2.05) is 0 Å². The van der Waals surface area contributed by atoms with Crippen LogP contribution in [0.15, 0.2) is 0 Å². The fraction of sp³-hybridized carbons (Fsp3) is 0.800. The number of rotatable bonds is 3. The van der Waals surface area contributed by atoms with E-state index >= 15 is 0 Å². The molecular weight excluding hydrogens is 126 g/mol. The minimum absolute atomic E-state index is 0.0223. The zero-order valence-electron chi connectivity index (χ0n) is 5.06. The fourth-order valence-electron chi connectivity index (χ4n) is 0.296. The summed E-state index contributed by atoms with van der Waals surface area (Å²) in [5.41, 5.74) is 0. The Morgan fingerprint density at radius 1 is 1.67 bits per heavy atom. The zero-order chi connectivity index (χ0) is 7.28. The van der Waals surface area contributed by atoms with E-state index in [1.165, 1.54) is 6.92 Å². The van der Waals surface area contributed by atoms with Gasteiger partial charge in [0.25, 0.3) is 6.43 Å². The molecule has 0 rings (SSSR count). The number of nitrogens with one attached hydrogen (secondary N) is 1. The highest BCUT2D eigenvalue weighted by atomic mass is 19.3. The number of nitrogens with zero attached hydrogens (tertiary/aromatic N) is 1. The van der Waals surface area contributed by atoms with Crippen LogP contribution in [-0.2, 0) is 0 Å². The Morgan fingerprint density at radius 2 is 2.22 bits per heavy atom. The summed E-state index contributed by atoms with van der Waals surface area (Å²) in [6.07, 6.45) is -2.39. The number of hydrogen-bond donors (Lipinski definition) is 1. The van der Waals surface area contributed by atoms with Gasteiger partial charge in [0.2, 0.25) is 0 Å². The summed E-state index contributed by atoms with van der Waals surface area (Å²) in [5, 5.41) is 10.3. The van der Waals surface area contributed by atoms with Gasteiger partial charge in [-0.1, -0.05) is 0 Å². The van der Waals surface area contributed by atoms with Gasteiger partial charge in [0.15, 0.2) is 0 Å². The molecule has 0 saturated heterocycles. The average molecular weight is 134 g/mol. The Hall–Kier alpha value is -0.690. The topological polar surface area (TPSA) is 35.8 Å². The van der Waals surface area contributed by atoms with Crippen LogP contribution in [0.4, 0.5) is 8.78 Å². The van der Waals surface area contributed by atoms with Crippen molar-refractivity contribution < 1.29 is 8.78 Å². The smallest absolute Gasteiger partial charge is 0.253 e. The predicted octanol–water partition coefficient (Wildman–Crippen LogP) is 0.753. The zero-order valence-corrected chi connectivity index (χ0v) is 5.06. The summed E-state index contributed by atoms with van der Waals surface area (Å²) in [6, 6.07) is 0.824. The Balaban J connectivity index is 3.29. The molecule has 1 unspecified atom stereocenters. The van der Waals surface area contributed by atoms with Crippen molar-refractivity contribution in [2.45, 2.75) is 19.4 Å². The number of nitriles is 1. The van der Waals surface area contributed by atoms with E-state index in [9.17, 15) is 8.78 Å². The summed E-state index contributed by atoms with van der Waals surface area (Å²) in [6.45, 7) is 1.31. The molecule has 0 aromatic carbocycles. The van der Waals surface area contributed by atoms with E-state index in [1.54, 1.807) is 6.07 Å². The number of halogens is 2. The van der Waals surface area contributed by atoms with Crippen LogP contribution in [0.3, 0.4) is 0 Å². The SMILES string of the molecule is CC(NCC#N)C(F)F. The Kier molecular flexibility index (Phi) is 3.89. The molecule has 1 atom stereocenters. The molecule has 0 bridgehead atoms. The molecule has 0 aliphatic rings. The molecule has 52 valence electrons. The first-order valence-electron chi connectivity index (χ1n) is 2.57. The number of alkyl halides is 2. The average Bonchev–Trinajstić information content (AvgIpc) is 1.82. The first-order valence-corrected chi connectivity index (χ1v) is 2.57. The van der Waals surface area contributed by atoms with Gasteiger partial charge in [-0.15, -0.1) is 0 Å². The third-order valence-corrected chi connectivity index (χ3v) is 0.881. The minimum Gasteiger partial charge on any atom is -0.297 e. The molecule has 0 radical (unpaired) electrons. The minimum atomic E-state index is -2.39. The normalized spacial score (nSPS) is 13.2. The van der Waals surface area contributed by atoms with Gasteiger partial charge in [-0.05, 0) is 6.92 Å². The van der Waals surface area contributed by atoms with Crippen LogP contribution in [0.2, 0.25) is 0 Å². The van der Waals surface area contributed by atoms with Crippen LogP contribution in [-0.4, -0.2) is 19.0 Å². The van der Waals surface area contributed by atoms with Crippen LogP contribution >= 0.6 is 0 Å². The molecule has 0 spiro atoms. The molecule has 0 saturated carbocycles. The summed E-state index contributed by atoms with van der Waals surface area (Å²) in [5.74, 6) is 0. The van der Waals surface area contributed by atoms with E-state index in [0.29, 0.717) is 0 Å². The summed E-state index contributed by atoms with van der Waals surface area (Å²) >= 11 is 0. The van der Waals surface area contributed by atoms with Crippen molar-refractivity contribution in [2.75, 3.05) is 6.54 Å². The largest absolute Gasteiger partial charge is 0.297 e. The summed E-state index contributed by atoms with van der Waals surface area (Å²) in [7, 11) is 0. The molecule has 0 fully saturated rings. The van der Waals surface area contributed by atoms with Crippen LogP contribution in [0.25, 0.3) is 0 Å². The molecule has 0 amide bonds. The molecule has 1 N–H and O–H groups in total. The van der Waals surface area contributed by atoms with Gasteiger partial charge in [-0.2, -0.15) is 5.26 Å². The third kappa shape index (κ3) is 3.86. The highest BCUT2D eigenvalue weighted by Gasteiger charge is 2.11. The molecule has 2 nitrogen and oxygen atoms in total. The molecule has 0 aromatic heterocycles. The molecule has 0 aromatic rings. The molecule has 0 heterocycles. The Morgan fingerprint density at radius 3 is 2.56 bits per heavy atom. The lowest BCUT2D eigenvalue weighted by molar-refractivity contribution is 0.108. The third-order valence-electron chi connectivity index (χ3n) is 0.881. The Labute approximate surface area is 52.5 Å². The highest BCUT2D eigenvalue weighted by Crippen LogP contribution is 1.97. The molecule has 9 heavy (non-hydrogen) atoms. The second-order valence-electron chi connectivity index (χ2n) is 1.66. The van der Waals surface area contributed by atoms with Gasteiger partial charge < -0.3 is 0 Å². The summed E-state index contributed by atoms with van der Waals surface area (Å²) < 4.78 is 23.2. The maximum atomic E-state index is 11.6. The van der Waals surface area contributed by atoms with Crippen LogP contribution in [0.1, 0.15) is 6.92 Å². The second-order valence-corrected chi connectivity index (χ2v) is 1.66. The molecular formula is C5H8F2N2. The monoisotopic (exact) mass is 134 g/mol. The van der Waals surface area contributed by atoms with Gasteiger partial charge in [0, 0.05) is 0 Å². The standard InChI is InChI=1S/C5H8F2N2/c1-4(5(6)7)9-3-2-8/h4-5,9H,3H2,1H3. The maximum Gasteiger partial charge on any atom is 0.253 e. The lowest BCUT2D eigenvalue weighted by Gasteiger charge is -2.07. The van der Waals surface area contributed by atoms with Crippen molar-refractivity contribution in [3.05, 3.63) is 0 Å². The molecule has 0 aliphatic heterocycles. The van der Waals surface area contributed by atoms with Crippen molar-refractivity contribution in [2.24, 2.45) is 0 Å². The van der Waals surface area contributed by atoms with Gasteiger partial charge in [-0.3, -0.25) is 5.32 Å². The van der Waals surface area contributed by atoms with E-state index in [2.05, 4.69) is 5.32 Å². The van der Waals surface area contributed by atoms with Gasteiger partial charge in [-0.25, -0.2) is 8.78 Å². The van der Waals surface area contributed by atoms with Gasteiger partial charge >= 0.3 is 0 Å². The second kappa shape index (κ2) is 4.21. The van der Waals surface area contributed by atoms with E-state index in [0.717, 1.165) is 0 Å². The number of hydrogen-bond acceptors (Lipinski definition) is 2. The van der Waals surface area contributed by atoms with Crippen LogP contribution in [0, 0.1) is 11.3 Å². The van der Waals surface area contributed by atoms with Crippen molar-refractivity contribution in [1.82, 2.24) is 5.32 Å². The predicted molar refractivity (Wildman–Crippen MR) is 29.1 cm³/mol. The quantitative estimate of drug-likeness (QED) is 0.578. The van der Waals surface area contributed by atoms with Gasteiger partial charge in [0.1, 0.15) is 0 Å². The lowest BCUT2D eigenvalue weighted by Crippen LogP contribution is -2.32. The Bertz CT molecular complexity index is 108. The molecule has 0 aliphatic carbocycles. The van der Waals surface area contributed by atoms with Crippen molar-refractivity contribution in [3.63, 3.8) is 0 Å².